The van der Waals surface area contributed by atoms with Gasteiger partial charge in [0.05, 0.1) is 5.75 Å². The maximum Gasteiger partial charge on any atom is 0.191 e. The van der Waals surface area contributed by atoms with Crippen LogP contribution in [-0.4, -0.2) is 40.3 Å². The quantitative estimate of drug-likeness (QED) is 0.431. The Morgan fingerprint density at radius 3 is 2.48 bits per heavy atom. The smallest absolute Gasteiger partial charge is 0.191 e. The molecule has 0 aliphatic carbocycles. The molecule has 1 rings (SSSR count). The number of nitrogens with one attached hydrogen (secondary N) is 2. The number of halogens is 1. The molecule has 0 aliphatic rings. The molecule has 0 radical (unpaired) electrons. The van der Waals surface area contributed by atoms with Gasteiger partial charge in [-0.05, 0) is 30.9 Å². The number of rotatable bonds is 8. The van der Waals surface area contributed by atoms with Crippen molar-refractivity contribution in [2.75, 3.05) is 25.9 Å². The summed E-state index contributed by atoms with van der Waals surface area (Å²) in [6, 6.07) is 5.41. The Labute approximate surface area is 138 Å². The summed E-state index contributed by atoms with van der Waals surface area (Å²) in [5, 5.41) is 6.07. The van der Waals surface area contributed by atoms with Crippen LogP contribution in [0, 0.1) is 11.7 Å². The fourth-order valence-electron chi connectivity index (χ4n) is 2.05. The Morgan fingerprint density at radius 1 is 1.22 bits per heavy atom. The van der Waals surface area contributed by atoms with Gasteiger partial charge in [0.1, 0.15) is 10.7 Å². The first-order chi connectivity index (χ1) is 10.9. The van der Waals surface area contributed by atoms with Crippen molar-refractivity contribution in [3.05, 3.63) is 30.1 Å². The van der Waals surface area contributed by atoms with E-state index in [1.807, 2.05) is 0 Å². The third kappa shape index (κ3) is 6.99. The molecule has 23 heavy (non-hydrogen) atoms. The zero-order chi connectivity index (χ0) is 17.3. The first-order valence-electron chi connectivity index (χ1n) is 7.78. The highest BCUT2D eigenvalue weighted by Gasteiger charge is 2.18. The summed E-state index contributed by atoms with van der Waals surface area (Å²) in [7, 11) is -2.02. The maximum absolute atomic E-state index is 13.6. The van der Waals surface area contributed by atoms with Gasteiger partial charge in [-0.15, -0.1) is 0 Å². The lowest BCUT2D eigenvalue weighted by molar-refractivity contribution is 0.549. The van der Waals surface area contributed by atoms with Crippen LogP contribution in [0.3, 0.4) is 0 Å². The molecule has 130 valence electrons. The van der Waals surface area contributed by atoms with Crippen LogP contribution < -0.4 is 10.6 Å². The van der Waals surface area contributed by atoms with E-state index in [4.69, 9.17) is 0 Å². The van der Waals surface area contributed by atoms with Crippen LogP contribution in [0.1, 0.15) is 26.7 Å². The molecule has 2 N–H and O–H groups in total. The lowest BCUT2D eigenvalue weighted by Gasteiger charge is -2.12. The predicted octanol–water partition coefficient (Wildman–Crippen LogP) is 2.20. The van der Waals surface area contributed by atoms with E-state index in [2.05, 4.69) is 29.5 Å². The number of benzene rings is 1. The van der Waals surface area contributed by atoms with Gasteiger partial charge in [0.2, 0.25) is 0 Å². The summed E-state index contributed by atoms with van der Waals surface area (Å²) < 4.78 is 37.8. The van der Waals surface area contributed by atoms with E-state index in [-0.39, 0.29) is 17.2 Å². The number of hydrogen-bond acceptors (Lipinski definition) is 3. The molecule has 0 aliphatic heterocycles. The Kier molecular flexibility index (Phi) is 8.02. The highest BCUT2D eigenvalue weighted by molar-refractivity contribution is 7.91. The molecule has 0 aromatic heterocycles. The minimum Gasteiger partial charge on any atom is -0.356 e. The van der Waals surface area contributed by atoms with Crippen LogP contribution in [0.15, 0.2) is 34.2 Å². The van der Waals surface area contributed by atoms with Gasteiger partial charge >= 0.3 is 0 Å². The molecule has 0 atom stereocenters. The Hall–Kier alpha value is -1.63. The third-order valence-corrected chi connectivity index (χ3v) is 5.05. The van der Waals surface area contributed by atoms with Crippen molar-refractivity contribution in [3.8, 4) is 0 Å². The van der Waals surface area contributed by atoms with Crippen LogP contribution >= 0.6 is 0 Å². The summed E-state index contributed by atoms with van der Waals surface area (Å²) in [5.74, 6) is 0.291. The van der Waals surface area contributed by atoms with E-state index in [0.717, 1.165) is 25.5 Å². The average molecular weight is 343 g/mol. The van der Waals surface area contributed by atoms with Crippen molar-refractivity contribution in [2.24, 2.45) is 10.9 Å². The van der Waals surface area contributed by atoms with Gasteiger partial charge in [-0.1, -0.05) is 26.0 Å². The summed E-state index contributed by atoms with van der Waals surface area (Å²) >= 11 is 0. The van der Waals surface area contributed by atoms with Crippen molar-refractivity contribution in [1.82, 2.24) is 10.6 Å². The Morgan fingerprint density at radius 2 is 1.87 bits per heavy atom. The summed E-state index contributed by atoms with van der Waals surface area (Å²) in [4.78, 5) is 3.78. The van der Waals surface area contributed by atoms with Crippen molar-refractivity contribution in [3.63, 3.8) is 0 Å². The molecule has 1 aromatic rings. The van der Waals surface area contributed by atoms with E-state index in [1.165, 1.54) is 18.2 Å². The normalized spacial score (nSPS) is 12.5. The molecule has 0 amide bonds. The number of nitrogens with zero attached hydrogens (tertiary/aromatic N) is 1. The van der Waals surface area contributed by atoms with Crippen LogP contribution in [0.4, 0.5) is 4.39 Å². The van der Waals surface area contributed by atoms with Gasteiger partial charge in [0.15, 0.2) is 15.8 Å². The minimum absolute atomic E-state index is 0.167. The van der Waals surface area contributed by atoms with E-state index in [9.17, 15) is 12.8 Å². The molecule has 1 aromatic carbocycles. The monoisotopic (exact) mass is 343 g/mol. The zero-order valence-corrected chi connectivity index (χ0v) is 14.8. The topological polar surface area (TPSA) is 70.6 Å². The van der Waals surface area contributed by atoms with Gasteiger partial charge in [0, 0.05) is 20.1 Å². The second-order valence-electron chi connectivity index (χ2n) is 5.71. The van der Waals surface area contributed by atoms with Crippen LogP contribution in [0.25, 0.3) is 0 Å². The highest BCUT2D eigenvalue weighted by atomic mass is 32.2. The van der Waals surface area contributed by atoms with E-state index in [0.29, 0.717) is 11.9 Å². The van der Waals surface area contributed by atoms with E-state index in [1.54, 1.807) is 7.05 Å². The second kappa shape index (κ2) is 9.50. The SMILES string of the molecule is CN=C(NCCCC(C)C)NCCS(=O)(=O)c1ccccc1F. The molecule has 0 fully saturated rings. The lowest BCUT2D eigenvalue weighted by atomic mass is 10.1. The zero-order valence-electron chi connectivity index (χ0n) is 14.0. The van der Waals surface area contributed by atoms with E-state index >= 15 is 0 Å². The summed E-state index contributed by atoms with van der Waals surface area (Å²) in [6.45, 7) is 5.28. The molecule has 0 unspecified atom stereocenters. The van der Waals surface area contributed by atoms with Crippen molar-refractivity contribution < 1.29 is 12.8 Å². The average Bonchev–Trinajstić information content (AvgIpc) is 2.49. The van der Waals surface area contributed by atoms with Crippen molar-refractivity contribution >= 4 is 15.8 Å². The molecule has 0 bridgehead atoms. The molecule has 0 spiro atoms. The van der Waals surface area contributed by atoms with Gasteiger partial charge < -0.3 is 10.6 Å². The Balaban J connectivity index is 2.44. The summed E-state index contributed by atoms with van der Waals surface area (Å²) in [5.41, 5.74) is 0. The Bertz CT molecular complexity index is 616. The summed E-state index contributed by atoms with van der Waals surface area (Å²) in [6.07, 6.45) is 2.14. The standard InChI is InChI=1S/C16H26FN3O2S/c1-13(2)7-6-10-19-16(18-3)20-11-12-23(21,22)15-9-5-4-8-14(15)17/h4-5,8-9,13H,6-7,10-12H2,1-3H3,(H2,18,19,20). The molecule has 5 nitrogen and oxygen atoms in total. The van der Waals surface area contributed by atoms with Crippen LogP contribution in [0.5, 0.6) is 0 Å². The first-order valence-corrected chi connectivity index (χ1v) is 9.44. The van der Waals surface area contributed by atoms with Gasteiger partial charge in [-0.3, -0.25) is 4.99 Å². The molecular weight excluding hydrogens is 317 g/mol. The fourth-order valence-corrected chi connectivity index (χ4v) is 3.29. The van der Waals surface area contributed by atoms with Crippen LogP contribution in [0.2, 0.25) is 0 Å². The number of sulfone groups is 1. The lowest BCUT2D eigenvalue weighted by Crippen LogP contribution is -2.40. The minimum atomic E-state index is -3.65. The second-order valence-corrected chi connectivity index (χ2v) is 7.79. The predicted molar refractivity (Wildman–Crippen MR) is 91.9 cm³/mol. The van der Waals surface area contributed by atoms with Crippen LogP contribution in [-0.2, 0) is 9.84 Å². The fraction of sp³-hybridized carbons (Fsp3) is 0.562. The van der Waals surface area contributed by atoms with Crippen molar-refractivity contribution in [1.29, 1.82) is 0 Å². The van der Waals surface area contributed by atoms with Gasteiger partial charge in [-0.2, -0.15) is 0 Å². The first kappa shape index (κ1) is 19.4. The number of hydrogen-bond donors (Lipinski definition) is 2. The molecular formula is C16H26FN3O2S. The highest BCUT2D eigenvalue weighted by Crippen LogP contribution is 2.14. The number of guanidine groups is 1. The van der Waals surface area contributed by atoms with Gasteiger partial charge in [0.25, 0.3) is 0 Å². The van der Waals surface area contributed by atoms with Gasteiger partial charge in [-0.25, -0.2) is 12.8 Å². The largest absolute Gasteiger partial charge is 0.356 e. The van der Waals surface area contributed by atoms with E-state index < -0.39 is 15.7 Å². The van der Waals surface area contributed by atoms with Crippen molar-refractivity contribution in [2.45, 2.75) is 31.6 Å². The third-order valence-electron chi connectivity index (χ3n) is 3.31. The maximum atomic E-state index is 13.6. The molecule has 0 saturated carbocycles. The molecule has 0 heterocycles. The number of aliphatic imine (C=N–C) groups is 1. The molecule has 0 saturated heterocycles. The molecule has 7 heteroatoms.